The predicted octanol–water partition coefficient (Wildman–Crippen LogP) is 4.74. The molecule has 0 amide bonds. The van der Waals surface area contributed by atoms with E-state index in [2.05, 4.69) is 15.9 Å². The van der Waals surface area contributed by atoms with Crippen LogP contribution >= 0.6 is 15.9 Å². The Hall–Kier alpha value is -2.28. The van der Waals surface area contributed by atoms with E-state index >= 15 is 0 Å². The summed E-state index contributed by atoms with van der Waals surface area (Å²) in [5.74, 6) is -1.83. The lowest BCUT2D eigenvalue weighted by atomic mass is 10.2. The van der Waals surface area contributed by atoms with Crippen molar-refractivity contribution in [3.05, 3.63) is 86.0 Å². The summed E-state index contributed by atoms with van der Waals surface area (Å²) in [6, 6.07) is 9.28. The van der Waals surface area contributed by atoms with Gasteiger partial charge in [-0.1, -0.05) is 18.2 Å². The van der Waals surface area contributed by atoms with E-state index in [-0.39, 0.29) is 18.2 Å². The second kappa shape index (κ2) is 6.46. The summed E-state index contributed by atoms with van der Waals surface area (Å²) in [7, 11) is 0. The van der Waals surface area contributed by atoms with E-state index in [1.165, 1.54) is 12.1 Å². The van der Waals surface area contributed by atoms with Crippen molar-refractivity contribution >= 4 is 15.9 Å². The molecule has 0 N–H and O–H groups in total. The maximum atomic E-state index is 14.4. The van der Waals surface area contributed by atoms with Crippen molar-refractivity contribution in [3.63, 3.8) is 0 Å². The summed E-state index contributed by atoms with van der Waals surface area (Å²) in [6.07, 6.45) is 1.82. The largest absolute Gasteiger partial charge is 0.286 e. The molecule has 0 atom stereocenters. The van der Waals surface area contributed by atoms with Crippen molar-refractivity contribution in [2.24, 2.45) is 0 Å². The van der Waals surface area contributed by atoms with E-state index in [1.807, 2.05) is 0 Å². The molecule has 1 aliphatic rings. The smallest absolute Gasteiger partial charge is 0.276 e. The maximum Gasteiger partial charge on any atom is 0.286 e. The molecule has 1 heterocycles. The van der Waals surface area contributed by atoms with Gasteiger partial charge in [-0.15, -0.1) is 0 Å². The first-order chi connectivity index (χ1) is 12.5. The van der Waals surface area contributed by atoms with E-state index in [1.54, 1.807) is 22.9 Å². The summed E-state index contributed by atoms with van der Waals surface area (Å²) in [4.78, 5) is 12.8. The molecule has 3 nitrogen and oxygen atoms in total. The number of benzene rings is 2. The average molecular weight is 423 g/mol. The van der Waals surface area contributed by atoms with Crippen molar-refractivity contribution in [3.8, 4) is 5.69 Å². The molecule has 0 radical (unpaired) electrons. The van der Waals surface area contributed by atoms with Crippen LogP contribution < -0.4 is 5.56 Å². The highest BCUT2D eigenvalue weighted by Gasteiger charge is 2.33. The van der Waals surface area contributed by atoms with Gasteiger partial charge in [0.15, 0.2) is 5.82 Å². The number of aromatic nitrogens is 2. The number of rotatable bonds is 4. The Morgan fingerprint density at radius 2 is 1.77 bits per heavy atom. The van der Waals surface area contributed by atoms with Gasteiger partial charge >= 0.3 is 0 Å². The second-order valence-electron chi connectivity index (χ2n) is 6.34. The standard InChI is InChI=1S/C19H14BrF3N2O/c20-17-18(11-5-6-11)24(10-12-3-1-2-4-14(12)22)25(19(17)26)16-8-7-13(21)9-15(16)23/h1-4,7-9,11H,5-6,10H2. The fraction of sp³-hybridized carbons (Fsp3) is 0.211. The van der Waals surface area contributed by atoms with Crippen LogP contribution in [0.15, 0.2) is 51.7 Å². The van der Waals surface area contributed by atoms with Gasteiger partial charge in [0, 0.05) is 17.5 Å². The molecular weight excluding hydrogens is 409 g/mol. The highest BCUT2D eigenvalue weighted by Crippen LogP contribution is 2.43. The van der Waals surface area contributed by atoms with Crippen LogP contribution in [-0.2, 0) is 6.54 Å². The summed E-state index contributed by atoms with van der Waals surface area (Å²) in [6.45, 7) is 0.0656. The zero-order valence-electron chi connectivity index (χ0n) is 13.6. The van der Waals surface area contributed by atoms with Crippen LogP contribution in [0.25, 0.3) is 5.69 Å². The molecule has 2 aromatic carbocycles. The zero-order valence-corrected chi connectivity index (χ0v) is 15.1. The van der Waals surface area contributed by atoms with Crippen LogP contribution in [-0.4, -0.2) is 9.36 Å². The molecule has 0 aliphatic heterocycles. The molecule has 1 aliphatic carbocycles. The lowest BCUT2D eigenvalue weighted by molar-refractivity contribution is 0.514. The van der Waals surface area contributed by atoms with Gasteiger partial charge in [-0.05, 0) is 47.0 Å². The fourth-order valence-electron chi connectivity index (χ4n) is 3.12. The van der Waals surface area contributed by atoms with Crippen molar-refractivity contribution in [2.45, 2.75) is 25.3 Å². The van der Waals surface area contributed by atoms with Crippen molar-refractivity contribution in [1.29, 1.82) is 0 Å². The summed E-state index contributed by atoms with van der Waals surface area (Å²) >= 11 is 3.32. The Balaban J connectivity index is 1.95. The molecule has 0 spiro atoms. The Kier molecular flexibility index (Phi) is 4.26. The summed E-state index contributed by atoms with van der Waals surface area (Å²) < 4.78 is 44.9. The van der Waals surface area contributed by atoms with E-state index in [4.69, 9.17) is 0 Å². The van der Waals surface area contributed by atoms with Crippen molar-refractivity contribution in [1.82, 2.24) is 9.36 Å². The van der Waals surface area contributed by atoms with Gasteiger partial charge < -0.3 is 0 Å². The molecule has 3 aromatic rings. The highest BCUT2D eigenvalue weighted by atomic mass is 79.9. The Labute approximate surface area is 155 Å². The monoisotopic (exact) mass is 422 g/mol. The van der Waals surface area contributed by atoms with Crippen LogP contribution in [0.1, 0.15) is 30.0 Å². The van der Waals surface area contributed by atoms with E-state index in [9.17, 15) is 18.0 Å². The first-order valence-electron chi connectivity index (χ1n) is 8.17. The molecule has 26 heavy (non-hydrogen) atoms. The van der Waals surface area contributed by atoms with Gasteiger partial charge in [-0.25, -0.2) is 17.9 Å². The minimum atomic E-state index is -0.853. The number of hydrogen-bond acceptors (Lipinski definition) is 1. The van der Waals surface area contributed by atoms with Crippen LogP contribution in [0, 0.1) is 17.5 Å². The third kappa shape index (κ3) is 2.90. The average Bonchev–Trinajstić information content (AvgIpc) is 3.40. The normalized spacial score (nSPS) is 14.0. The molecule has 0 bridgehead atoms. The van der Waals surface area contributed by atoms with Crippen LogP contribution in [0.3, 0.4) is 0 Å². The fourth-order valence-corrected chi connectivity index (χ4v) is 3.81. The van der Waals surface area contributed by atoms with Crippen molar-refractivity contribution in [2.75, 3.05) is 0 Å². The SMILES string of the molecule is O=c1c(Br)c(C2CC2)n(Cc2ccccc2F)n1-c1ccc(F)cc1F. The Morgan fingerprint density at radius 3 is 2.42 bits per heavy atom. The zero-order chi connectivity index (χ0) is 18.4. The van der Waals surface area contributed by atoms with Gasteiger partial charge in [-0.3, -0.25) is 9.48 Å². The molecular formula is C19H14BrF3N2O. The molecule has 0 saturated heterocycles. The van der Waals surface area contributed by atoms with Crippen molar-refractivity contribution < 1.29 is 13.2 Å². The molecule has 0 unspecified atom stereocenters. The topological polar surface area (TPSA) is 26.9 Å². The Bertz CT molecular complexity index is 1050. The molecule has 1 saturated carbocycles. The third-order valence-electron chi connectivity index (χ3n) is 4.50. The Morgan fingerprint density at radius 1 is 1.04 bits per heavy atom. The van der Waals surface area contributed by atoms with Gasteiger partial charge in [0.05, 0.1) is 12.2 Å². The molecule has 1 fully saturated rings. The van der Waals surface area contributed by atoms with E-state index in [0.29, 0.717) is 15.7 Å². The highest BCUT2D eigenvalue weighted by molar-refractivity contribution is 9.10. The van der Waals surface area contributed by atoms with Gasteiger partial charge in [0.25, 0.3) is 5.56 Å². The number of hydrogen-bond donors (Lipinski definition) is 0. The lowest BCUT2D eigenvalue weighted by Crippen LogP contribution is -2.24. The van der Waals surface area contributed by atoms with Crippen LogP contribution in [0.2, 0.25) is 0 Å². The quantitative estimate of drug-likeness (QED) is 0.596. The first-order valence-corrected chi connectivity index (χ1v) is 8.96. The second-order valence-corrected chi connectivity index (χ2v) is 7.13. The van der Waals surface area contributed by atoms with Gasteiger partial charge in [-0.2, -0.15) is 0 Å². The molecule has 134 valence electrons. The molecule has 4 rings (SSSR count). The first kappa shape index (κ1) is 17.1. The van der Waals surface area contributed by atoms with Gasteiger partial charge in [0.1, 0.15) is 21.8 Å². The third-order valence-corrected chi connectivity index (χ3v) is 5.25. The van der Waals surface area contributed by atoms with Gasteiger partial charge in [0.2, 0.25) is 0 Å². The van der Waals surface area contributed by atoms with E-state index in [0.717, 1.165) is 29.7 Å². The lowest BCUT2D eigenvalue weighted by Gasteiger charge is -2.16. The maximum absolute atomic E-state index is 14.4. The molecule has 7 heteroatoms. The van der Waals surface area contributed by atoms with Crippen LogP contribution in [0.4, 0.5) is 13.2 Å². The van der Waals surface area contributed by atoms with Crippen LogP contribution in [0.5, 0.6) is 0 Å². The predicted molar refractivity (Wildman–Crippen MR) is 95.1 cm³/mol. The van der Waals surface area contributed by atoms with E-state index < -0.39 is 23.0 Å². The minimum absolute atomic E-state index is 0.0656. The number of halogens is 4. The molecule has 1 aromatic heterocycles. The number of nitrogens with zero attached hydrogens (tertiary/aromatic N) is 2. The minimum Gasteiger partial charge on any atom is -0.276 e. The summed E-state index contributed by atoms with van der Waals surface area (Å²) in [5, 5.41) is 0. The summed E-state index contributed by atoms with van der Waals surface area (Å²) in [5.41, 5.74) is 0.573.